The lowest BCUT2D eigenvalue weighted by Crippen LogP contribution is -2.40. The van der Waals surface area contributed by atoms with Crippen molar-refractivity contribution in [3.8, 4) is 11.5 Å². The van der Waals surface area contributed by atoms with Gasteiger partial charge in [-0.3, -0.25) is 9.59 Å². The van der Waals surface area contributed by atoms with Gasteiger partial charge in [0, 0.05) is 19.2 Å². The topological polar surface area (TPSA) is 82.1 Å². The van der Waals surface area contributed by atoms with E-state index in [2.05, 4.69) is 4.74 Å². The second kappa shape index (κ2) is 10.1. The SMILES string of the molecule is COC(=O)/C=C/c1ccc(OC(=O)C2CCN(C(=O)c3cccs3)CC2)c(OC)c1. The fourth-order valence-electron chi connectivity index (χ4n) is 3.17. The van der Waals surface area contributed by atoms with E-state index in [0.29, 0.717) is 47.9 Å². The Hall–Kier alpha value is -3.13. The molecule has 0 aliphatic carbocycles. The van der Waals surface area contributed by atoms with Gasteiger partial charge in [-0.2, -0.15) is 0 Å². The van der Waals surface area contributed by atoms with Crippen molar-refractivity contribution >= 4 is 35.3 Å². The third-order valence-corrected chi connectivity index (χ3v) is 5.72. The summed E-state index contributed by atoms with van der Waals surface area (Å²) in [7, 11) is 2.79. The van der Waals surface area contributed by atoms with Crippen LogP contribution in [0.2, 0.25) is 0 Å². The monoisotopic (exact) mass is 429 g/mol. The number of carbonyl (C=O) groups is 3. The highest BCUT2D eigenvalue weighted by Gasteiger charge is 2.29. The fourth-order valence-corrected chi connectivity index (χ4v) is 3.86. The molecule has 0 N–H and O–H groups in total. The predicted octanol–water partition coefficient (Wildman–Crippen LogP) is 3.40. The summed E-state index contributed by atoms with van der Waals surface area (Å²) in [5.74, 6) is -0.367. The molecule has 0 saturated carbocycles. The van der Waals surface area contributed by atoms with Crippen LogP contribution in [-0.2, 0) is 14.3 Å². The van der Waals surface area contributed by atoms with E-state index >= 15 is 0 Å². The molecule has 158 valence electrons. The van der Waals surface area contributed by atoms with Crippen LogP contribution in [0.3, 0.4) is 0 Å². The highest BCUT2D eigenvalue weighted by Crippen LogP contribution is 2.30. The number of benzene rings is 1. The number of hydrogen-bond acceptors (Lipinski definition) is 7. The Labute approximate surface area is 178 Å². The maximum atomic E-state index is 12.6. The molecule has 1 aliphatic rings. The molecule has 30 heavy (non-hydrogen) atoms. The molecule has 3 rings (SSSR count). The van der Waals surface area contributed by atoms with E-state index in [4.69, 9.17) is 9.47 Å². The number of esters is 2. The van der Waals surface area contributed by atoms with Gasteiger partial charge in [0.15, 0.2) is 11.5 Å². The van der Waals surface area contributed by atoms with Gasteiger partial charge in [0.1, 0.15) is 0 Å². The second-order valence-corrected chi connectivity index (χ2v) is 7.68. The molecular formula is C22H23NO6S. The molecule has 1 saturated heterocycles. The van der Waals surface area contributed by atoms with E-state index < -0.39 is 5.97 Å². The first-order valence-corrected chi connectivity index (χ1v) is 10.4. The molecule has 7 nitrogen and oxygen atoms in total. The smallest absolute Gasteiger partial charge is 0.330 e. The van der Waals surface area contributed by atoms with Crippen molar-refractivity contribution in [1.29, 1.82) is 0 Å². The van der Waals surface area contributed by atoms with Crippen molar-refractivity contribution in [3.63, 3.8) is 0 Å². The van der Waals surface area contributed by atoms with Crippen LogP contribution in [0.15, 0.2) is 41.8 Å². The first-order chi connectivity index (χ1) is 14.5. The Balaban J connectivity index is 1.59. The highest BCUT2D eigenvalue weighted by molar-refractivity contribution is 7.12. The van der Waals surface area contributed by atoms with Crippen LogP contribution >= 0.6 is 11.3 Å². The van der Waals surface area contributed by atoms with Crippen LogP contribution in [0.4, 0.5) is 0 Å². The summed E-state index contributed by atoms with van der Waals surface area (Å²) in [6.45, 7) is 1.04. The minimum atomic E-state index is -0.464. The zero-order valence-electron chi connectivity index (χ0n) is 16.8. The maximum Gasteiger partial charge on any atom is 0.330 e. The number of thiophene rings is 1. The van der Waals surface area contributed by atoms with Crippen molar-refractivity contribution < 1.29 is 28.6 Å². The molecular weight excluding hydrogens is 406 g/mol. The number of ether oxygens (including phenoxy) is 3. The summed E-state index contributed by atoms with van der Waals surface area (Å²) in [6.07, 6.45) is 3.99. The normalized spacial score (nSPS) is 14.5. The number of rotatable bonds is 6. The van der Waals surface area contributed by atoms with Crippen LogP contribution in [-0.4, -0.2) is 50.1 Å². The number of likely N-dealkylation sites (tertiary alicyclic amines) is 1. The molecule has 0 spiro atoms. The Morgan fingerprint density at radius 2 is 1.87 bits per heavy atom. The van der Waals surface area contributed by atoms with E-state index in [-0.39, 0.29) is 17.8 Å². The maximum absolute atomic E-state index is 12.6. The van der Waals surface area contributed by atoms with Gasteiger partial charge in [-0.25, -0.2) is 4.79 Å². The third kappa shape index (κ3) is 5.27. The number of piperidine rings is 1. The molecule has 2 aromatic rings. The standard InChI is InChI=1S/C22H23NO6S/c1-27-18-14-15(6-8-20(24)28-2)5-7-17(18)29-22(26)16-9-11-23(12-10-16)21(25)19-4-3-13-30-19/h3-8,13-14,16H,9-12H2,1-2H3/b8-6+. The van der Waals surface area contributed by atoms with Crippen LogP contribution in [0.25, 0.3) is 6.08 Å². The molecule has 1 amide bonds. The molecule has 0 bridgehead atoms. The van der Waals surface area contributed by atoms with Gasteiger partial charge in [-0.1, -0.05) is 12.1 Å². The van der Waals surface area contributed by atoms with Gasteiger partial charge < -0.3 is 19.1 Å². The number of carbonyl (C=O) groups excluding carboxylic acids is 3. The van der Waals surface area contributed by atoms with Crippen LogP contribution in [0.5, 0.6) is 11.5 Å². The van der Waals surface area contributed by atoms with Crippen LogP contribution in [0, 0.1) is 5.92 Å². The van der Waals surface area contributed by atoms with Gasteiger partial charge in [0.05, 0.1) is 25.0 Å². The zero-order valence-corrected chi connectivity index (χ0v) is 17.6. The minimum Gasteiger partial charge on any atom is -0.493 e. The van der Waals surface area contributed by atoms with E-state index in [1.165, 1.54) is 31.6 Å². The summed E-state index contributed by atoms with van der Waals surface area (Å²) in [4.78, 5) is 38.8. The molecule has 8 heteroatoms. The summed E-state index contributed by atoms with van der Waals surface area (Å²) >= 11 is 1.42. The Morgan fingerprint density at radius 3 is 2.50 bits per heavy atom. The van der Waals surface area contributed by atoms with Gasteiger partial charge in [-0.15, -0.1) is 11.3 Å². The number of methoxy groups -OCH3 is 2. The minimum absolute atomic E-state index is 0.00841. The summed E-state index contributed by atoms with van der Waals surface area (Å²) in [5, 5.41) is 1.88. The van der Waals surface area contributed by atoms with E-state index in [0.717, 1.165) is 0 Å². The Morgan fingerprint density at radius 1 is 1.10 bits per heavy atom. The average Bonchev–Trinajstić information content (AvgIpc) is 3.32. The van der Waals surface area contributed by atoms with Crippen LogP contribution in [0.1, 0.15) is 28.1 Å². The molecule has 1 aliphatic heterocycles. The van der Waals surface area contributed by atoms with Crippen molar-refractivity contribution in [2.24, 2.45) is 5.92 Å². The predicted molar refractivity (Wildman–Crippen MR) is 113 cm³/mol. The summed E-state index contributed by atoms with van der Waals surface area (Å²) in [5.41, 5.74) is 0.706. The third-order valence-electron chi connectivity index (χ3n) is 4.86. The first-order valence-electron chi connectivity index (χ1n) is 9.50. The molecule has 1 fully saturated rings. The Kier molecular flexibility index (Phi) is 7.24. The molecule has 0 radical (unpaired) electrons. The molecule has 1 aromatic carbocycles. The quantitative estimate of drug-likeness (QED) is 0.398. The van der Waals surface area contributed by atoms with Crippen LogP contribution < -0.4 is 9.47 Å². The molecule has 0 unspecified atom stereocenters. The lowest BCUT2D eigenvalue weighted by atomic mass is 9.97. The second-order valence-electron chi connectivity index (χ2n) is 6.73. The largest absolute Gasteiger partial charge is 0.493 e. The fraction of sp³-hybridized carbons (Fsp3) is 0.318. The number of nitrogens with zero attached hydrogens (tertiary/aromatic N) is 1. The first kappa shape index (κ1) is 21.6. The lowest BCUT2D eigenvalue weighted by molar-refractivity contribution is -0.140. The van der Waals surface area contributed by atoms with Gasteiger partial charge in [0.2, 0.25) is 0 Å². The van der Waals surface area contributed by atoms with Crippen molar-refractivity contribution in [1.82, 2.24) is 4.90 Å². The molecule has 0 atom stereocenters. The van der Waals surface area contributed by atoms with Crippen molar-refractivity contribution in [3.05, 3.63) is 52.2 Å². The van der Waals surface area contributed by atoms with Crippen molar-refractivity contribution in [2.45, 2.75) is 12.8 Å². The summed E-state index contributed by atoms with van der Waals surface area (Å²) < 4.78 is 15.4. The van der Waals surface area contributed by atoms with Gasteiger partial charge in [0.25, 0.3) is 5.91 Å². The van der Waals surface area contributed by atoms with E-state index in [9.17, 15) is 14.4 Å². The highest BCUT2D eigenvalue weighted by atomic mass is 32.1. The zero-order chi connectivity index (χ0) is 21.5. The number of hydrogen-bond donors (Lipinski definition) is 0. The molecule has 1 aromatic heterocycles. The van der Waals surface area contributed by atoms with E-state index in [1.54, 1.807) is 29.2 Å². The van der Waals surface area contributed by atoms with Gasteiger partial charge in [-0.05, 0) is 48.1 Å². The van der Waals surface area contributed by atoms with Crippen molar-refractivity contribution in [2.75, 3.05) is 27.3 Å². The Bertz CT molecular complexity index is 929. The lowest BCUT2D eigenvalue weighted by Gasteiger charge is -2.30. The average molecular weight is 429 g/mol. The summed E-state index contributed by atoms with van der Waals surface area (Å²) in [6, 6.07) is 8.68. The number of amides is 1. The molecule has 2 heterocycles. The van der Waals surface area contributed by atoms with E-state index in [1.807, 2.05) is 17.5 Å². The van der Waals surface area contributed by atoms with Gasteiger partial charge >= 0.3 is 11.9 Å².